The second kappa shape index (κ2) is 8.52. The lowest BCUT2D eigenvalue weighted by Gasteiger charge is -2.16. The number of nitrogens with zero attached hydrogens (tertiary/aromatic N) is 7. The third-order valence-electron chi connectivity index (χ3n) is 6.26. The van der Waals surface area contributed by atoms with E-state index in [4.69, 9.17) is 10.3 Å². The molecule has 0 radical (unpaired) electrons. The van der Waals surface area contributed by atoms with E-state index >= 15 is 0 Å². The van der Waals surface area contributed by atoms with Gasteiger partial charge in [-0.1, -0.05) is 24.3 Å². The topological polar surface area (TPSA) is 130 Å². The number of fused-ring (bicyclic) bond motifs is 3. The quantitative estimate of drug-likeness (QED) is 0.460. The molecule has 5 rings (SSSR count). The van der Waals surface area contributed by atoms with Crippen molar-refractivity contribution in [1.82, 2.24) is 24.7 Å². The first kappa shape index (κ1) is 22.6. The Morgan fingerprint density at radius 1 is 1.14 bits per heavy atom. The molecule has 1 unspecified atom stereocenters. The lowest BCUT2D eigenvalue weighted by molar-refractivity contribution is -0.141. The van der Waals surface area contributed by atoms with Crippen molar-refractivity contribution in [1.29, 1.82) is 5.26 Å². The van der Waals surface area contributed by atoms with E-state index in [1.807, 2.05) is 41.8 Å². The summed E-state index contributed by atoms with van der Waals surface area (Å²) in [6, 6.07) is 8.99. The SMILES string of the molecule is Cc1sc2c(c1C)C(c1ccc(-c3cncc(C#N)n3)cc1)=NC([C@H](C)C(=O)O)c1nnc(C)n1-2. The Bertz CT molecular complexity index is 1540. The standard InChI is InChI=1S/C25H21N7O2S/c1-12-14(3)35-24-20(12)22(29-21(13(2)25(33)34)23-31-30-15(4)32(23)24)17-7-5-16(6-8-17)19-11-27-10-18(9-26)28-19/h5-8,10-11,13,21H,1-4H3,(H,33,34)/t13-,21?/m0/s1. The molecule has 35 heavy (non-hydrogen) atoms. The number of aryl methyl sites for hydroxylation is 2. The molecule has 0 spiro atoms. The molecule has 0 aliphatic carbocycles. The van der Waals surface area contributed by atoms with Crippen LogP contribution < -0.4 is 0 Å². The van der Waals surface area contributed by atoms with Gasteiger partial charge in [-0.05, 0) is 33.3 Å². The Balaban J connectivity index is 1.70. The summed E-state index contributed by atoms with van der Waals surface area (Å²) in [4.78, 5) is 26.6. The summed E-state index contributed by atoms with van der Waals surface area (Å²) in [6.45, 7) is 7.62. The minimum absolute atomic E-state index is 0.248. The van der Waals surface area contributed by atoms with Crippen molar-refractivity contribution in [3.05, 3.63) is 75.6 Å². The fourth-order valence-electron chi connectivity index (χ4n) is 4.18. The first-order chi connectivity index (χ1) is 16.8. The normalized spacial score (nSPS) is 15.4. The van der Waals surface area contributed by atoms with Crippen LogP contribution in [0.2, 0.25) is 0 Å². The monoisotopic (exact) mass is 483 g/mol. The lowest BCUT2D eigenvalue weighted by Crippen LogP contribution is -2.21. The molecule has 10 heteroatoms. The van der Waals surface area contributed by atoms with E-state index < -0.39 is 17.9 Å². The van der Waals surface area contributed by atoms with Gasteiger partial charge in [0, 0.05) is 21.6 Å². The molecule has 0 fully saturated rings. The molecule has 1 aliphatic heterocycles. The van der Waals surface area contributed by atoms with E-state index in [1.54, 1.807) is 24.5 Å². The van der Waals surface area contributed by atoms with Crippen LogP contribution in [0.25, 0.3) is 16.3 Å². The number of carboxylic acid groups (broad SMARTS) is 1. The largest absolute Gasteiger partial charge is 0.481 e. The maximum absolute atomic E-state index is 12.0. The van der Waals surface area contributed by atoms with Crippen LogP contribution in [0.3, 0.4) is 0 Å². The van der Waals surface area contributed by atoms with Crippen molar-refractivity contribution in [3.63, 3.8) is 0 Å². The number of carboxylic acids is 1. The van der Waals surface area contributed by atoms with E-state index in [2.05, 4.69) is 34.0 Å². The number of carbonyl (C=O) groups is 1. The van der Waals surface area contributed by atoms with E-state index in [1.165, 1.54) is 6.20 Å². The Morgan fingerprint density at radius 3 is 2.54 bits per heavy atom. The van der Waals surface area contributed by atoms with Crippen molar-refractivity contribution in [2.24, 2.45) is 10.9 Å². The Labute approximate surface area is 205 Å². The highest BCUT2D eigenvalue weighted by molar-refractivity contribution is 7.15. The number of hydrogen-bond acceptors (Lipinski definition) is 8. The number of aromatic nitrogens is 5. The molecule has 1 N–H and O–H groups in total. The number of aliphatic imine (C=N–C) groups is 1. The molecule has 174 valence electrons. The number of thiophene rings is 1. The summed E-state index contributed by atoms with van der Waals surface area (Å²) in [7, 11) is 0. The molecule has 9 nitrogen and oxygen atoms in total. The number of aliphatic carboxylic acids is 1. The van der Waals surface area contributed by atoms with Gasteiger partial charge in [0.2, 0.25) is 0 Å². The van der Waals surface area contributed by atoms with Gasteiger partial charge < -0.3 is 5.11 Å². The van der Waals surface area contributed by atoms with Gasteiger partial charge in [-0.25, -0.2) is 4.98 Å². The van der Waals surface area contributed by atoms with E-state index in [0.29, 0.717) is 23.1 Å². The Kier molecular flexibility index (Phi) is 5.49. The van der Waals surface area contributed by atoms with Crippen LogP contribution in [0.1, 0.15) is 51.9 Å². The van der Waals surface area contributed by atoms with Gasteiger partial charge in [0.15, 0.2) is 11.5 Å². The molecule has 1 aliphatic rings. The highest BCUT2D eigenvalue weighted by Gasteiger charge is 2.36. The summed E-state index contributed by atoms with van der Waals surface area (Å²) < 4.78 is 1.94. The second-order valence-corrected chi connectivity index (χ2v) is 9.64. The average Bonchev–Trinajstić information content (AvgIpc) is 3.33. The van der Waals surface area contributed by atoms with E-state index in [9.17, 15) is 9.90 Å². The first-order valence-electron chi connectivity index (χ1n) is 11.0. The van der Waals surface area contributed by atoms with Gasteiger partial charge in [-0.15, -0.1) is 21.5 Å². The van der Waals surface area contributed by atoms with Gasteiger partial charge in [0.05, 0.1) is 29.7 Å². The van der Waals surface area contributed by atoms with Crippen LogP contribution in [0.4, 0.5) is 0 Å². The molecular weight excluding hydrogens is 462 g/mol. The fraction of sp³-hybridized carbons (Fsp3) is 0.240. The zero-order valence-electron chi connectivity index (χ0n) is 19.5. The molecular formula is C25H21N7O2S. The minimum atomic E-state index is -0.949. The molecule has 2 atom stereocenters. The summed E-state index contributed by atoms with van der Waals surface area (Å²) in [5, 5.41) is 28.5. The van der Waals surface area contributed by atoms with Gasteiger partial charge in [0.25, 0.3) is 0 Å². The van der Waals surface area contributed by atoms with Crippen LogP contribution in [0.15, 0.2) is 41.7 Å². The van der Waals surface area contributed by atoms with Crippen molar-refractivity contribution in [3.8, 4) is 22.3 Å². The van der Waals surface area contributed by atoms with Crippen LogP contribution in [0.5, 0.6) is 0 Å². The summed E-state index contributed by atoms with van der Waals surface area (Å²) in [6.07, 6.45) is 3.04. The van der Waals surface area contributed by atoms with Crippen molar-refractivity contribution < 1.29 is 9.90 Å². The molecule has 0 saturated heterocycles. The van der Waals surface area contributed by atoms with Gasteiger partial charge in [-0.3, -0.25) is 19.3 Å². The third kappa shape index (κ3) is 3.70. The maximum atomic E-state index is 12.0. The Morgan fingerprint density at radius 2 is 1.86 bits per heavy atom. The van der Waals surface area contributed by atoms with E-state index in [0.717, 1.165) is 32.1 Å². The lowest BCUT2D eigenvalue weighted by atomic mass is 9.97. The zero-order chi connectivity index (χ0) is 24.9. The molecule has 0 bridgehead atoms. The van der Waals surface area contributed by atoms with Gasteiger partial charge in [0.1, 0.15) is 22.9 Å². The molecule has 4 aromatic rings. The molecule has 0 saturated carbocycles. The van der Waals surface area contributed by atoms with Crippen molar-refractivity contribution >= 4 is 23.0 Å². The first-order valence-corrected chi connectivity index (χ1v) is 11.8. The number of hydrogen-bond donors (Lipinski definition) is 1. The fourth-order valence-corrected chi connectivity index (χ4v) is 5.39. The molecule has 3 aromatic heterocycles. The molecule has 0 amide bonds. The van der Waals surface area contributed by atoms with Crippen molar-refractivity contribution in [2.75, 3.05) is 0 Å². The van der Waals surface area contributed by atoms with Crippen LogP contribution >= 0.6 is 11.3 Å². The molecule has 4 heterocycles. The number of nitriles is 1. The number of benzene rings is 1. The van der Waals surface area contributed by atoms with Gasteiger partial charge >= 0.3 is 5.97 Å². The summed E-state index contributed by atoms with van der Waals surface area (Å²) in [5.74, 6) is -0.538. The van der Waals surface area contributed by atoms with Crippen LogP contribution in [0, 0.1) is 38.0 Å². The third-order valence-corrected chi connectivity index (χ3v) is 7.45. The van der Waals surface area contributed by atoms with E-state index in [-0.39, 0.29) is 5.69 Å². The van der Waals surface area contributed by atoms with Crippen molar-refractivity contribution in [2.45, 2.75) is 33.7 Å². The highest BCUT2D eigenvalue weighted by Crippen LogP contribution is 2.40. The average molecular weight is 484 g/mol. The Hall–Kier alpha value is -4.23. The summed E-state index contributed by atoms with van der Waals surface area (Å²) >= 11 is 1.62. The van der Waals surface area contributed by atoms with Crippen LogP contribution in [-0.4, -0.2) is 41.5 Å². The predicted octanol–water partition coefficient (Wildman–Crippen LogP) is 4.20. The minimum Gasteiger partial charge on any atom is -0.481 e. The summed E-state index contributed by atoms with van der Waals surface area (Å²) in [5.41, 5.74) is 5.26. The number of rotatable bonds is 4. The predicted molar refractivity (Wildman–Crippen MR) is 131 cm³/mol. The maximum Gasteiger partial charge on any atom is 0.308 e. The highest BCUT2D eigenvalue weighted by atomic mass is 32.1. The van der Waals surface area contributed by atoms with Crippen LogP contribution in [-0.2, 0) is 4.79 Å². The van der Waals surface area contributed by atoms with Gasteiger partial charge in [-0.2, -0.15) is 5.26 Å². The zero-order valence-corrected chi connectivity index (χ0v) is 20.3. The smallest absolute Gasteiger partial charge is 0.308 e. The molecule has 1 aromatic carbocycles. The second-order valence-electron chi connectivity index (χ2n) is 8.43.